The number of benzene rings is 1. The highest BCUT2D eigenvalue weighted by atomic mass is 79.9. The maximum absolute atomic E-state index is 14.0. The smallest absolute Gasteiger partial charge is 0.471 e. The lowest BCUT2D eigenvalue weighted by atomic mass is 10.2. The van der Waals surface area contributed by atoms with Crippen LogP contribution in [0, 0.1) is 11.6 Å². The van der Waals surface area contributed by atoms with Gasteiger partial charge in [0.05, 0.1) is 0 Å². The fourth-order valence-electron chi connectivity index (χ4n) is 2.81. The third kappa shape index (κ3) is 6.54. The van der Waals surface area contributed by atoms with E-state index in [-0.39, 0.29) is 23.1 Å². The molecule has 1 aromatic rings. The van der Waals surface area contributed by atoms with Gasteiger partial charge in [-0.05, 0) is 54.9 Å². The van der Waals surface area contributed by atoms with E-state index in [1.54, 1.807) is 13.8 Å². The number of nitrogens with two attached hydrogens (primary N) is 1. The van der Waals surface area contributed by atoms with Crippen LogP contribution in [0.25, 0.3) is 0 Å². The van der Waals surface area contributed by atoms with Crippen LogP contribution in [-0.2, 0) is 25.8 Å². The summed E-state index contributed by atoms with van der Waals surface area (Å²) < 4.78 is 71.1. The zero-order chi connectivity index (χ0) is 24.9. The Morgan fingerprint density at radius 3 is 2.52 bits per heavy atom. The number of carbonyl (C=O) groups is 2. The van der Waals surface area contributed by atoms with E-state index in [4.69, 9.17) is 10.5 Å². The van der Waals surface area contributed by atoms with Crippen molar-refractivity contribution in [2.45, 2.75) is 45.4 Å². The van der Waals surface area contributed by atoms with E-state index >= 15 is 0 Å². The van der Waals surface area contributed by atoms with Crippen molar-refractivity contribution in [1.82, 2.24) is 15.3 Å². The van der Waals surface area contributed by atoms with E-state index in [2.05, 4.69) is 26.1 Å². The van der Waals surface area contributed by atoms with Crippen molar-refractivity contribution >= 4 is 27.8 Å². The average Bonchev–Trinajstić information content (AvgIpc) is 2.71. The first-order chi connectivity index (χ1) is 15.4. The van der Waals surface area contributed by atoms with E-state index in [1.165, 1.54) is 0 Å². The zero-order valence-electron chi connectivity index (χ0n) is 17.6. The third-order valence-corrected chi connectivity index (χ3v) is 5.03. The average molecular weight is 545 g/mol. The van der Waals surface area contributed by atoms with Gasteiger partial charge in [-0.3, -0.25) is 15.0 Å². The molecule has 1 aliphatic heterocycles. The molecule has 0 radical (unpaired) electrons. The van der Waals surface area contributed by atoms with Crippen molar-refractivity contribution in [3.8, 4) is 0 Å². The molecule has 3 N–H and O–H groups in total. The summed E-state index contributed by atoms with van der Waals surface area (Å²) in [6, 6.07) is 2.06. The lowest BCUT2D eigenvalue weighted by Crippen LogP contribution is -2.64. The van der Waals surface area contributed by atoms with Gasteiger partial charge in [-0.25, -0.2) is 13.6 Å². The zero-order valence-corrected chi connectivity index (χ0v) is 19.2. The number of halogens is 6. The van der Waals surface area contributed by atoms with Crippen molar-refractivity contribution in [3.63, 3.8) is 0 Å². The van der Waals surface area contributed by atoms with Gasteiger partial charge in [-0.15, -0.1) is 5.06 Å². The maximum atomic E-state index is 14.0. The number of nitrogens with one attached hydrogen (secondary N) is 1. The molecule has 0 aliphatic carbocycles. The number of carbonyl (C=O) groups excluding carboxylic acids is 2. The molecule has 8 nitrogen and oxygen atoms in total. The SMILES string of the molecule is CC(C)N1C(=O)C(Br)=C(OCc2ccc(F)cc2F)N(OC(=O)C(F)(F)F)C1NCCCN. The highest BCUT2D eigenvalue weighted by molar-refractivity contribution is 9.12. The monoisotopic (exact) mass is 544 g/mol. The molecule has 2 rings (SSSR count). The van der Waals surface area contributed by atoms with Crippen LogP contribution in [0.4, 0.5) is 22.0 Å². The summed E-state index contributed by atoms with van der Waals surface area (Å²) >= 11 is 2.97. The van der Waals surface area contributed by atoms with Crippen LogP contribution in [-0.4, -0.2) is 53.4 Å². The molecule has 0 aromatic heterocycles. The topological polar surface area (TPSA) is 97.1 Å². The molecule has 0 saturated heterocycles. The highest BCUT2D eigenvalue weighted by Crippen LogP contribution is 2.32. The summed E-state index contributed by atoms with van der Waals surface area (Å²) in [5.74, 6) is -5.69. The first kappa shape index (κ1) is 26.8. The van der Waals surface area contributed by atoms with Crippen LogP contribution in [0.2, 0.25) is 0 Å². The van der Waals surface area contributed by atoms with Gasteiger partial charge in [0.15, 0.2) is 6.29 Å². The van der Waals surface area contributed by atoms with Crippen LogP contribution in [0.5, 0.6) is 0 Å². The number of amides is 1. The normalized spacial score (nSPS) is 17.2. The van der Waals surface area contributed by atoms with Gasteiger partial charge in [-0.2, -0.15) is 13.2 Å². The Morgan fingerprint density at radius 1 is 1.30 bits per heavy atom. The van der Waals surface area contributed by atoms with Crippen LogP contribution in [0.1, 0.15) is 25.8 Å². The van der Waals surface area contributed by atoms with Crippen LogP contribution in [0.15, 0.2) is 28.6 Å². The molecule has 184 valence electrons. The van der Waals surface area contributed by atoms with Gasteiger partial charge in [0.25, 0.3) is 5.91 Å². The van der Waals surface area contributed by atoms with E-state index < -0.39 is 54.5 Å². The van der Waals surface area contributed by atoms with E-state index in [0.717, 1.165) is 17.0 Å². The Kier molecular flexibility index (Phi) is 9.03. The Bertz CT molecular complexity index is 913. The fourth-order valence-corrected chi connectivity index (χ4v) is 3.31. The lowest BCUT2D eigenvalue weighted by Gasteiger charge is -2.44. The molecule has 1 aromatic carbocycles. The van der Waals surface area contributed by atoms with Gasteiger partial charge < -0.3 is 15.3 Å². The summed E-state index contributed by atoms with van der Waals surface area (Å²) in [7, 11) is 0. The van der Waals surface area contributed by atoms with Crippen molar-refractivity contribution in [1.29, 1.82) is 0 Å². The molecule has 0 saturated carbocycles. The molecular weight excluding hydrogens is 523 g/mol. The lowest BCUT2D eigenvalue weighted by molar-refractivity contribution is -0.265. The van der Waals surface area contributed by atoms with Crippen molar-refractivity contribution < 1.29 is 41.1 Å². The number of hydroxylamine groups is 2. The van der Waals surface area contributed by atoms with Crippen LogP contribution in [0.3, 0.4) is 0 Å². The second-order valence-electron chi connectivity index (χ2n) is 7.12. The second kappa shape index (κ2) is 11.1. The van der Waals surface area contributed by atoms with Crippen molar-refractivity contribution in [2.75, 3.05) is 13.1 Å². The number of hydrogen-bond acceptors (Lipinski definition) is 7. The molecule has 0 bridgehead atoms. The van der Waals surface area contributed by atoms with Gasteiger partial charge in [0.1, 0.15) is 22.7 Å². The number of rotatable bonds is 9. The van der Waals surface area contributed by atoms with Crippen LogP contribution < -0.4 is 11.1 Å². The molecule has 0 spiro atoms. The first-order valence-electron chi connectivity index (χ1n) is 9.69. The third-order valence-electron chi connectivity index (χ3n) is 4.35. The van der Waals surface area contributed by atoms with Crippen molar-refractivity contribution in [2.24, 2.45) is 5.73 Å². The Labute approximate surface area is 194 Å². The van der Waals surface area contributed by atoms with Gasteiger partial charge in [0, 0.05) is 24.2 Å². The second-order valence-corrected chi connectivity index (χ2v) is 7.92. The number of ether oxygens (including phenoxy) is 1. The number of nitrogens with zero attached hydrogens (tertiary/aromatic N) is 2. The molecular formula is C19H22BrF5N4O4. The maximum Gasteiger partial charge on any atom is 0.493 e. The molecule has 1 atom stereocenters. The standard InChI is InChI=1S/C19H22BrF5N4O4/c1-10(2)28-15(30)14(20)16(32-9-11-4-5-12(21)8-13(11)22)29(18(28)27-7-3-6-26)33-17(31)19(23,24)25/h4-5,8,10,18,27H,3,6-7,9,26H2,1-2H3. The molecule has 1 unspecified atom stereocenters. The summed E-state index contributed by atoms with van der Waals surface area (Å²) in [5, 5.41) is 3.25. The largest absolute Gasteiger partial charge is 0.493 e. The fraction of sp³-hybridized carbons (Fsp3) is 0.474. The highest BCUT2D eigenvalue weighted by Gasteiger charge is 2.48. The Balaban J connectivity index is 2.47. The Hall–Kier alpha value is -2.45. The summed E-state index contributed by atoms with van der Waals surface area (Å²) in [4.78, 5) is 30.3. The molecule has 1 heterocycles. The number of alkyl halides is 3. The Morgan fingerprint density at radius 2 is 1.97 bits per heavy atom. The van der Waals surface area contributed by atoms with Crippen LogP contribution >= 0.6 is 15.9 Å². The molecule has 1 aliphatic rings. The molecule has 1 amide bonds. The van der Waals surface area contributed by atoms with E-state index in [1.807, 2.05) is 0 Å². The summed E-state index contributed by atoms with van der Waals surface area (Å²) in [6.07, 6.45) is -6.36. The summed E-state index contributed by atoms with van der Waals surface area (Å²) in [5.41, 5.74) is 5.30. The number of hydrogen-bond donors (Lipinski definition) is 2. The van der Waals surface area contributed by atoms with E-state index in [9.17, 15) is 31.5 Å². The van der Waals surface area contributed by atoms with Gasteiger partial charge in [-0.1, -0.05) is 0 Å². The van der Waals surface area contributed by atoms with Gasteiger partial charge in [0.2, 0.25) is 5.88 Å². The minimum Gasteiger partial charge on any atom is -0.471 e. The van der Waals surface area contributed by atoms with E-state index in [0.29, 0.717) is 17.6 Å². The minimum absolute atomic E-state index is 0.148. The predicted octanol–water partition coefficient (Wildman–Crippen LogP) is 2.84. The molecule has 14 heteroatoms. The summed E-state index contributed by atoms with van der Waals surface area (Å²) in [6.45, 7) is 2.97. The van der Waals surface area contributed by atoms with Crippen molar-refractivity contribution in [3.05, 3.63) is 45.8 Å². The first-order valence-corrected chi connectivity index (χ1v) is 10.5. The quantitative estimate of drug-likeness (QED) is 0.364. The predicted molar refractivity (Wildman–Crippen MR) is 109 cm³/mol. The molecule has 33 heavy (non-hydrogen) atoms. The van der Waals surface area contributed by atoms with Gasteiger partial charge >= 0.3 is 12.1 Å². The molecule has 0 fully saturated rings. The minimum atomic E-state index is -5.35.